The van der Waals surface area contributed by atoms with Crippen LogP contribution < -0.4 is 0 Å². The molecule has 146 valence electrons. The highest BCUT2D eigenvalue weighted by Crippen LogP contribution is 2.37. The van der Waals surface area contributed by atoms with Crippen LogP contribution >= 0.6 is 0 Å². The van der Waals surface area contributed by atoms with Gasteiger partial charge in [-0.05, 0) is 43.2 Å². The molecule has 6 heteroatoms. The van der Waals surface area contributed by atoms with Crippen molar-refractivity contribution in [3.8, 4) is 0 Å². The number of aryl methyl sites for hydroxylation is 1. The van der Waals surface area contributed by atoms with Crippen LogP contribution in [0.2, 0.25) is 0 Å². The van der Waals surface area contributed by atoms with Crippen molar-refractivity contribution in [1.82, 2.24) is 8.97 Å². The van der Waals surface area contributed by atoms with Crippen molar-refractivity contribution in [3.63, 3.8) is 0 Å². The molecule has 5 rings (SSSR count). The average Bonchev–Trinajstić information content (AvgIpc) is 3.24. The number of halogens is 1. The zero-order valence-electron chi connectivity index (χ0n) is 16.0. The van der Waals surface area contributed by atoms with Crippen molar-refractivity contribution in [3.05, 3.63) is 65.8 Å². The summed E-state index contributed by atoms with van der Waals surface area (Å²) in [5, 5.41) is 1.46. The number of aromatic nitrogens is 2. The third-order valence-electron chi connectivity index (χ3n) is 5.76. The summed E-state index contributed by atoms with van der Waals surface area (Å²) in [6.45, 7) is 4.37. The Kier molecular flexibility index (Phi) is 3.84. The summed E-state index contributed by atoms with van der Waals surface area (Å²) in [7, 11) is 1.33. The molecule has 1 aliphatic rings. The van der Waals surface area contributed by atoms with Gasteiger partial charge in [0.1, 0.15) is 11.5 Å². The lowest BCUT2D eigenvalue weighted by molar-refractivity contribution is 0.0591. The number of rotatable bonds is 3. The van der Waals surface area contributed by atoms with Gasteiger partial charge in [0.05, 0.1) is 18.1 Å². The van der Waals surface area contributed by atoms with Crippen molar-refractivity contribution in [2.45, 2.75) is 25.8 Å². The zero-order valence-corrected chi connectivity index (χ0v) is 16.0. The fourth-order valence-corrected chi connectivity index (χ4v) is 4.59. The van der Waals surface area contributed by atoms with E-state index in [9.17, 15) is 14.0 Å². The second-order valence-corrected chi connectivity index (χ2v) is 7.35. The lowest BCUT2D eigenvalue weighted by atomic mass is 9.97. The van der Waals surface area contributed by atoms with Crippen LogP contribution in [0.4, 0.5) is 4.39 Å². The van der Waals surface area contributed by atoms with Crippen LogP contribution in [0.3, 0.4) is 0 Å². The summed E-state index contributed by atoms with van der Waals surface area (Å²) in [4.78, 5) is 25.2. The highest BCUT2D eigenvalue weighted by Gasteiger charge is 2.27. The van der Waals surface area contributed by atoms with Gasteiger partial charge in [-0.3, -0.25) is 4.79 Å². The fourth-order valence-electron chi connectivity index (χ4n) is 4.59. The minimum atomic E-state index is -0.491. The normalized spacial score (nSPS) is 13.9. The zero-order chi connectivity index (χ0) is 20.3. The minimum absolute atomic E-state index is 0.0799. The Bertz CT molecular complexity index is 1360. The van der Waals surface area contributed by atoms with Crippen LogP contribution in [0.25, 0.3) is 27.3 Å². The van der Waals surface area contributed by atoms with E-state index in [1.807, 2.05) is 15.0 Å². The molecular weight excluding hydrogens is 371 g/mol. The Morgan fingerprint density at radius 2 is 2.03 bits per heavy atom. The number of Topliss-reactive ketones (excluding diaryl/α,β-unsaturated/α-hetero) is 1. The molecule has 0 saturated heterocycles. The molecule has 29 heavy (non-hydrogen) atoms. The monoisotopic (exact) mass is 390 g/mol. The predicted molar refractivity (Wildman–Crippen MR) is 109 cm³/mol. The van der Waals surface area contributed by atoms with Gasteiger partial charge in [0, 0.05) is 40.5 Å². The number of methoxy groups -OCH3 is 1. The van der Waals surface area contributed by atoms with Gasteiger partial charge in [-0.2, -0.15) is 0 Å². The number of hydrogen-bond donors (Lipinski definition) is 0. The molecule has 3 heterocycles. The van der Waals surface area contributed by atoms with E-state index in [0.29, 0.717) is 36.0 Å². The first-order chi connectivity index (χ1) is 14.0. The molecule has 3 aromatic heterocycles. The number of pyridine rings is 1. The average molecular weight is 390 g/mol. The SMILES string of the molecule is C=CCn1c2ccc(F)cc2c2cc(C(=O)OC)n3c4c(cc3c21)C(=O)CCC4. The van der Waals surface area contributed by atoms with Crippen LogP contribution in [0.5, 0.6) is 0 Å². The lowest BCUT2D eigenvalue weighted by Gasteiger charge is -2.14. The quantitative estimate of drug-likeness (QED) is 0.377. The van der Waals surface area contributed by atoms with E-state index in [2.05, 4.69) is 6.58 Å². The van der Waals surface area contributed by atoms with Gasteiger partial charge < -0.3 is 13.7 Å². The minimum Gasteiger partial charge on any atom is -0.464 e. The molecule has 0 atom stereocenters. The van der Waals surface area contributed by atoms with Crippen LogP contribution in [-0.4, -0.2) is 27.8 Å². The number of ketones is 1. The third kappa shape index (κ3) is 2.38. The molecule has 0 saturated carbocycles. The Morgan fingerprint density at radius 3 is 2.79 bits per heavy atom. The number of hydrogen-bond acceptors (Lipinski definition) is 3. The van der Waals surface area contributed by atoms with Crippen molar-refractivity contribution < 1.29 is 18.7 Å². The third-order valence-corrected chi connectivity index (χ3v) is 5.76. The lowest BCUT2D eigenvalue weighted by Crippen LogP contribution is -2.15. The maximum atomic E-state index is 14.1. The van der Waals surface area contributed by atoms with E-state index in [-0.39, 0.29) is 11.6 Å². The Balaban J connectivity index is 2.05. The summed E-state index contributed by atoms with van der Waals surface area (Å²) >= 11 is 0. The van der Waals surface area contributed by atoms with E-state index in [1.54, 1.807) is 18.2 Å². The van der Waals surface area contributed by atoms with Crippen LogP contribution in [0.1, 0.15) is 39.4 Å². The van der Waals surface area contributed by atoms with E-state index in [0.717, 1.165) is 34.1 Å². The van der Waals surface area contributed by atoms with Gasteiger partial charge in [0.25, 0.3) is 0 Å². The van der Waals surface area contributed by atoms with Crippen molar-refractivity contribution >= 4 is 39.1 Å². The second kappa shape index (κ2) is 6.30. The summed E-state index contributed by atoms with van der Waals surface area (Å²) in [6, 6.07) is 8.24. The topological polar surface area (TPSA) is 52.7 Å². The fraction of sp³-hybridized carbons (Fsp3) is 0.217. The molecule has 0 radical (unpaired) electrons. The Hall–Kier alpha value is -3.41. The second-order valence-electron chi connectivity index (χ2n) is 7.35. The summed E-state index contributed by atoms with van der Waals surface area (Å²) in [5.74, 6) is -0.759. The van der Waals surface area contributed by atoms with Gasteiger partial charge in [-0.15, -0.1) is 6.58 Å². The van der Waals surface area contributed by atoms with Gasteiger partial charge in [-0.1, -0.05) is 6.08 Å². The number of fused-ring (bicyclic) bond motifs is 7. The maximum absolute atomic E-state index is 14.1. The predicted octanol–water partition coefficient (Wildman–Crippen LogP) is 4.68. The van der Waals surface area contributed by atoms with E-state index in [1.165, 1.54) is 19.2 Å². The highest BCUT2D eigenvalue weighted by molar-refractivity contribution is 6.16. The van der Waals surface area contributed by atoms with Crippen LogP contribution in [0, 0.1) is 5.82 Å². The van der Waals surface area contributed by atoms with Gasteiger partial charge in [-0.25, -0.2) is 9.18 Å². The van der Waals surface area contributed by atoms with Gasteiger partial charge in [0.15, 0.2) is 5.78 Å². The number of carbonyl (C=O) groups excluding carboxylic acids is 2. The summed E-state index contributed by atoms with van der Waals surface area (Å²) < 4.78 is 23.0. The molecule has 0 bridgehead atoms. The Labute approximate surface area is 166 Å². The molecule has 0 amide bonds. The molecule has 0 spiro atoms. The van der Waals surface area contributed by atoms with E-state index in [4.69, 9.17) is 4.74 Å². The molecule has 0 fully saturated rings. The Morgan fingerprint density at radius 1 is 1.21 bits per heavy atom. The first-order valence-corrected chi connectivity index (χ1v) is 9.56. The molecule has 0 N–H and O–H groups in total. The molecule has 4 aromatic rings. The van der Waals surface area contributed by atoms with Crippen LogP contribution in [-0.2, 0) is 17.7 Å². The molecule has 0 unspecified atom stereocenters. The number of ether oxygens (including phenoxy) is 1. The molecule has 1 aliphatic carbocycles. The largest absolute Gasteiger partial charge is 0.464 e. The van der Waals surface area contributed by atoms with Crippen molar-refractivity contribution in [2.24, 2.45) is 0 Å². The number of benzene rings is 1. The number of carbonyl (C=O) groups is 2. The molecule has 5 nitrogen and oxygen atoms in total. The van der Waals surface area contributed by atoms with Gasteiger partial charge >= 0.3 is 5.97 Å². The number of esters is 1. The van der Waals surface area contributed by atoms with Crippen molar-refractivity contribution in [1.29, 1.82) is 0 Å². The number of nitrogens with zero attached hydrogens (tertiary/aromatic N) is 2. The smallest absolute Gasteiger partial charge is 0.355 e. The standard InChI is InChI=1S/C23H19FN2O3/c1-3-9-25-17-8-7-13(24)10-14(17)15-11-20(23(28)29-2)26-18-5-4-6-21(27)16(18)12-19(26)22(15)25/h3,7-8,10-12H,1,4-6,9H2,2H3. The molecule has 1 aromatic carbocycles. The first-order valence-electron chi connectivity index (χ1n) is 9.56. The van der Waals surface area contributed by atoms with E-state index < -0.39 is 5.97 Å². The highest BCUT2D eigenvalue weighted by atomic mass is 19.1. The molecular formula is C23H19FN2O3. The van der Waals surface area contributed by atoms with E-state index >= 15 is 0 Å². The van der Waals surface area contributed by atoms with Crippen LogP contribution in [0.15, 0.2) is 43.0 Å². The number of allylic oxidation sites excluding steroid dienone is 1. The molecule has 0 aliphatic heterocycles. The van der Waals surface area contributed by atoms with Gasteiger partial charge in [0.2, 0.25) is 0 Å². The maximum Gasteiger partial charge on any atom is 0.355 e. The first kappa shape index (κ1) is 17.7. The summed E-state index contributed by atoms with van der Waals surface area (Å²) in [6.07, 6.45) is 3.74. The summed E-state index contributed by atoms with van der Waals surface area (Å²) in [5.41, 5.74) is 4.26. The van der Waals surface area contributed by atoms with Crippen molar-refractivity contribution in [2.75, 3.05) is 7.11 Å².